The van der Waals surface area contributed by atoms with Crippen LogP contribution in [0.3, 0.4) is 0 Å². The van der Waals surface area contributed by atoms with E-state index in [1.165, 1.54) is 0 Å². The van der Waals surface area contributed by atoms with E-state index in [0.717, 1.165) is 20.9 Å². The molecule has 2 nitrogen and oxygen atoms in total. The molecule has 0 spiro atoms. The van der Waals surface area contributed by atoms with Gasteiger partial charge in [0.2, 0.25) is 0 Å². The lowest BCUT2D eigenvalue weighted by Gasteiger charge is -2.00. The predicted octanol–water partition coefficient (Wildman–Crippen LogP) is 2.70. The Morgan fingerprint density at radius 1 is 1.33 bits per heavy atom. The van der Waals surface area contributed by atoms with Gasteiger partial charge in [0, 0.05) is 9.86 Å². The van der Waals surface area contributed by atoms with Crippen LogP contribution >= 0.6 is 15.9 Å². The number of aromatic nitrogens is 2. The standard InChI is InChI=1S/C9H7BrN2/c1-6-5-11-12-9-7(6)3-2-4-8(9)10/h2-5H,1H3. The third kappa shape index (κ3) is 1.10. The zero-order valence-electron chi connectivity index (χ0n) is 6.58. The third-order valence-electron chi connectivity index (χ3n) is 1.82. The Labute approximate surface area is 78.8 Å². The van der Waals surface area contributed by atoms with Crippen molar-refractivity contribution in [3.63, 3.8) is 0 Å². The second-order valence-corrected chi connectivity index (χ2v) is 3.52. The average molecular weight is 223 g/mol. The van der Waals surface area contributed by atoms with Gasteiger partial charge in [-0.05, 0) is 34.5 Å². The first-order valence-electron chi connectivity index (χ1n) is 3.65. The van der Waals surface area contributed by atoms with Gasteiger partial charge in [-0.1, -0.05) is 12.1 Å². The number of aryl methyl sites for hydroxylation is 1. The van der Waals surface area contributed by atoms with Gasteiger partial charge in [0.15, 0.2) is 0 Å². The van der Waals surface area contributed by atoms with Gasteiger partial charge in [-0.15, -0.1) is 5.10 Å². The number of nitrogens with zero attached hydrogens (tertiary/aromatic N) is 2. The SMILES string of the molecule is Cc1cnnc2c(Br)cccc12. The number of halogens is 1. The Morgan fingerprint density at radius 3 is 2.92 bits per heavy atom. The van der Waals surface area contributed by atoms with Crippen molar-refractivity contribution in [3.8, 4) is 0 Å². The summed E-state index contributed by atoms with van der Waals surface area (Å²) >= 11 is 3.43. The summed E-state index contributed by atoms with van der Waals surface area (Å²) in [6.07, 6.45) is 1.77. The minimum Gasteiger partial charge on any atom is -0.158 e. The molecule has 1 aromatic heterocycles. The molecule has 1 heterocycles. The van der Waals surface area contributed by atoms with Crippen molar-refractivity contribution in [1.82, 2.24) is 10.2 Å². The van der Waals surface area contributed by atoms with E-state index >= 15 is 0 Å². The second-order valence-electron chi connectivity index (χ2n) is 2.66. The lowest BCUT2D eigenvalue weighted by molar-refractivity contribution is 1.06. The number of rotatable bonds is 0. The fraction of sp³-hybridized carbons (Fsp3) is 0.111. The normalized spacial score (nSPS) is 10.5. The van der Waals surface area contributed by atoms with Gasteiger partial charge in [-0.25, -0.2) is 0 Å². The molecule has 0 atom stereocenters. The lowest BCUT2D eigenvalue weighted by Crippen LogP contribution is -1.86. The molecule has 2 rings (SSSR count). The van der Waals surface area contributed by atoms with Crippen molar-refractivity contribution in [1.29, 1.82) is 0 Å². The fourth-order valence-electron chi connectivity index (χ4n) is 1.18. The topological polar surface area (TPSA) is 25.8 Å². The van der Waals surface area contributed by atoms with Crippen LogP contribution in [0.15, 0.2) is 28.9 Å². The lowest BCUT2D eigenvalue weighted by atomic mass is 10.1. The predicted molar refractivity (Wildman–Crippen MR) is 52.0 cm³/mol. The summed E-state index contributed by atoms with van der Waals surface area (Å²) in [7, 11) is 0. The zero-order valence-corrected chi connectivity index (χ0v) is 8.17. The van der Waals surface area contributed by atoms with Gasteiger partial charge in [-0.2, -0.15) is 5.10 Å². The Morgan fingerprint density at radius 2 is 2.17 bits per heavy atom. The van der Waals surface area contributed by atoms with E-state index in [-0.39, 0.29) is 0 Å². The molecule has 0 radical (unpaired) electrons. The summed E-state index contributed by atoms with van der Waals surface area (Å²) in [4.78, 5) is 0. The van der Waals surface area contributed by atoms with Gasteiger partial charge in [0.1, 0.15) is 5.52 Å². The maximum Gasteiger partial charge on any atom is 0.107 e. The molecular weight excluding hydrogens is 216 g/mol. The molecule has 60 valence electrons. The van der Waals surface area contributed by atoms with Crippen LogP contribution in [0, 0.1) is 6.92 Å². The molecule has 0 aliphatic rings. The molecule has 0 saturated heterocycles. The summed E-state index contributed by atoms with van der Waals surface area (Å²) in [5.74, 6) is 0. The molecule has 3 heteroatoms. The van der Waals surface area contributed by atoms with Gasteiger partial charge >= 0.3 is 0 Å². The Kier molecular flexibility index (Phi) is 1.81. The average Bonchev–Trinajstić information content (AvgIpc) is 2.07. The van der Waals surface area contributed by atoms with Crippen LogP contribution in [0.4, 0.5) is 0 Å². The van der Waals surface area contributed by atoms with Crippen molar-refractivity contribution >= 4 is 26.8 Å². The van der Waals surface area contributed by atoms with Crippen molar-refractivity contribution in [3.05, 3.63) is 34.4 Å². The maximum atomic E-state index is 4.04. The van der Waals surface area contributed by atoms with Crippen LogP contribution in [0.25, 0.3) is 10.9 Å². The molecule has 0 unspecified atom stereocenters. The van der Waals surface area contributed by atoms with Gasteiger partial charge in [0.05, 0.1) is 6.20 Å². The van der Waals surface area contributed by atoms with Crippen LogP contribution < -0.4 is 0 Å². The van der Waals surface area contributed by atoms with Crippen molar-refractivity contribution in [2.75, 3.05) is 0 Å². The zero-order chi connectivity index (χ0) is 8.55. The summed E-state index contributed by atoms with van der Waals surface area (Å²) in [6.45, 7) is 2.03. The quantitative estimate of drug-likeness (QED) is 0.686. The monoisotopic (exact) mass is 222 g/mol. The van der Waals surface area contributed by atoms with Crippen molar-refractivity contribution < 1.29 is 0 Å². The Balaban J connectivity index is 2.94. The minimum atomic E-state index is 0.928. The van der Waals surface area contributed by atoms with E-state index in [1.54, 1.807) is 6.20 Å². The first-order valence-corrected chi connectivity index (χ1v) is 4.45. The molecule has 0 aliphatic carbocycles. The highest BCUT2D eigenvalue weighted by Crippen LogP contribution is 2.22. The molecule has 2 aromatic rings. The Bertz CT molecular complexity index is 385. The van der Waals surface area contributed by atoms with Crippen LogP contribution in [-0.4, -0.2) is 10.2 Å². The molecule has 1 aromatic carbocycles. The first kappa shape index (κ1) is 7.68. The van der Waals surface area contributed by atoms with Crippen LogP contribution in [0.2, 0.25) is 0 Å². The summed E-state index contributed by atoms with van der Waals surface area (Å²) in [6, 6.07) is 6.02. The number of fused-ring (bicyclic) bond motifs is 1. The number of hydrogen-bond acceptors (Lipinski definition) is 2. The second kappa shape index (κ2) is 2.83. The van der Waals surface area contributed by atoms with Crippen molar-refractivity contribution in [2.24, 2.45) is 0 Å². The smallest absolute Gasteiger partial charge is 0.107 e. The van der Waals surface area contributed by atoms with E-state index in [1.807, 2.05) is 25.1 Å². The van der Waals surface area contributed by atoms with E-state index in [9.17, 15) is 0 Å². The summed E-state index contributed by atoms with van der Waals surface area (Å²) < 4.78 is 0.996. The molecule has 0 amide bonds. The third-order valence-corrected chi connectivity index (χ3v) is 2.46. The molecular formula is C9H7BrN2. The molecule has 0 saturated carbocycles. The maximum absolute atomic E-state index is 4.04. The van der Waals surface area contributed by atoms with Gasteiger partial charge in [0.25, 0.3) is 0 Å². The highest BCUT2D eigenvalue weighted by atomic mass is 79.9. The van der Waals surface area contributed by atoms with Gasteiger partial charge in [-0.3, -0.25) is 0 Å². The molecule has 0 aliphatic heterocycles. The van der Waals surface area contributed by atoms with Gasteiger partial charge < -0.3 is 0 Å². The Hall–Kier alpha value is -0.960. The number of benzene rings is 1. The van der Waals surface area contributed by atoms with E-state index in [0.29, 0.717) is 0 Å². The first-order chi connectivity index (χ1) is 5.79. The van der Waals surface area contributed by atoms with E-state index < -0.39 is 0 Å². The van der Waals surface area contributed by atoms with Crippen molar-refractivity contribution in [2.45, 2.75) is 6.92 Å². The molecule has 0 N–H and O–H groups in total. The fourth-order valence-corrected chi connectivity index (χ4v) is 1.62. The summed E-state index contributed by atoms with van der Waals surface area (Å²) in [5, 5.41) is 9.09. The van der Waals surface area contributed by atoms with Crippen LogP contribution in [-0.2, 0) is 0 Å². The highest BCUT2D eigenvalue weighted by Gasteiger charge is 2.00. The van der Waals surface area contributed by atoms with E-state index in [2.05, 4.69) is 26.1 Å². The van der Waals surface area contributed by atoms with Crippen LogP contribution in [0.5, 0.6) is 0 Å². The summed E-state index contributed by atoms with van der Waals surface area (Å²) in [5.41, 5.74) is 2.08. The molecule has 12 heavy (non-hydrogen) atoms. The molecule has 0 bridgehead atoms. The molecule has 0 fully saturated rings. The van der Waals surface area contributed by atoms with Crippen LogP contribution in [0.1, 0.15) is 5.56 Å². The largest absolute Gasteiger partial charge is 0.158 e. The van der Waals surface area contributed by atoms with E-state index in [4.69, 9.17) is 0 Å². The highest BCUT2D eigenvalue weighted by molar-refractivity contribution is 9.10. The minimum absolute atomic E-state index is 0.928. The number of hydrogen-bond donors (Lipinski definition) is 0.